The summed E-state index contributed by atoms with van der Waals surface area (Å²) < 4.78 is 0. The molecule has 31 heavy (non-hydrogen) atoms. The van der Waals surface area contributed by atoms with E-state index in [9.17, 15) is 14.4 Å². The van der Waals surface area contributed by atoms with Crippen molar-refractivity contribution in [3.63, 3.8) is 0 Å². The van der Waals surface area contributed by atoms with Crippen molar-refractivity contribution < 1.29 is 14.4 Å². The first-order valence-corrected chi connectivity index (χ1v) is 11.4. The molecule has 1 atom stereocenters. The van der Waals surface area contributed by atoms with Gasteiger partial charge in [-0.05, 0) is 44.9 Å². The van der Waals surface area contributed by atoms with Gasteiger partial charge in [-0.2, -0.15) is 5.26 Å². The molecule has 10 nitrogen and oxygen atoms in total. The van der Waals surface area contributed by atoms with Crippen molar-refractivity contribution in [1.82, 2.24) is 25.3 Å². The van der Waals surface area contributed by atoms with E-state index in [4.69, 9.17) is 5.26 Å². The molecule has 0 aromatic heterocycles. The van der Waals surface area contributed by atoms with Crippen LogP contribution in [0.5, 0.6) is 0 Å². The van der Waals surface area contributed by atoms with Gasteiger partial charge in [0.25, 0.3) is 0 Å². The van der Waals surface area contributed by atoms with Crippen LogP contribution in [0.3, 0.4) is 0 Å². The monoisotopic (exact) mass is 431 g/mol. The molecular formula is C21H33N7O3. The maximum Gasteiger partial charge on any atom is 0.245 e. The second kappa shape index (κ2) is 11.5. The van der Waals surface area contributed by atoms with E-state index >= 15 is 0 Å². The largest absolute Gasteiger partial charge is 0.344 e. The molecule has 3 amide bonds. The Morgan fingerprint density at radius 2 is 1.81 bits per heavy atom. The molecule has 0 saturated carbocycles. The molecule has 3 heterocycles. The zero-order valence-corrected chi connectivity index (χ0v) is 18.1. The highest BCUT2D eigenvalue weighted by Crippen LogP contribution is 2.14. The summed E-state index contributed by atoms with van der Waals surface area (Å²) in [7, 11) is 0. The summed E-state index contributed by atoms with van der Waals surface area (Å²) in [5.74, 6) is 0.332. The van der Waals surface area contributed by atoms with Gasteiger partial charge < -0.3 is 20.0 Å². The lowest BCUT2D eigenvalue weighted by Gasteiger charge is -2.27. The van der Waals surface area contributed by atoms with Crippen molar-refractivity contribution >= 4 is 23.7 Å². The van der Waals surface area contributed by atoms with Gasteiger partial charge >= 0.3 is 0 Å². The first kappa shape index (κ1) is 22.8. The number of hydrogen-bond donors (Lipinski definition) is 2. The van der Waals surface area contributed by atoms with Gasteiger partial charge in [0.1, 0.15) is 6.04 Å². The normalized spacial score (nSPS) is 22.5. The summed E-state index contributed by atoms with van der Waals surface area (Å²) in [5, 5.41) is 14.7. The lowest BCUT2D eigenvalue weighted by atomic mass is 10.1. The smallest absolute Gasteiger partial charge is 0.245 e. The Kier molecular flexibility index (Phi) is 8.50. The topological polar surface area (TPSA) is 121 Å². The molecule has 3 rings (SSSR count). The third-order valence-corrected chi connectivity index (χ3v) is 6.08. The van der Waals surface area contributed by atoms with Crippen LogP contribution in [0.15, 0.2) is 4.99 Å². The predicted molar refractivity (Wildman–Crippen MR) is 115 cm³/mol. The zero-order valence-electron chi connectivity index (χ0n) is 18.1. The molecule has 1 unspecified atom stereocenters. The van der Waals surface area contributed by atoms with Gasteiger partial charge in [0.2, 0.25) is 23.7 Å². The number of carbonyl (C=O) groups is 3. The van der Waals surface area contributed by atoms with E-state index in [-0.39, 0.29) is 30.2 Å². The minimum atomic E-state index is -0.520. The first-order chi connectivity index (χ1) is 15.1. The minimum Gasteiger partial charge on any atom is -0.344 e. The number of aliphatic imine (C=N–C) groups is 1. The highest BCUT2D eigenvalue weighted by atomic mass is 16.2. The molecule has 3 fully saturated rings. The Morgan fingerprint density at radius 1 is 1.06 bits per heavy atom. The van der Waals surface area contributed by atoms with Crippen LogP contribution < -0.4 is 10.6 Å². The molecule has 0 radical (unpaired) electrons. The molecular weight excluding hydrogens is 398 g/mol. The lowest BCUT2D eigenvalue weighted by Crippen LogP contribution is -2.52. The summed E-state index contributed by atoms with van der Waals surface area (Å²) in [6.07, 6.45) is 8.46. The second-order valence-corrected chi connectivity index (χ2v) is 8.35. The van der Waals surface area contributed by atoms with Crippen molar-refractivity contribution in [2.45, 2.75) is 57.4 Å². The highest BCUT2D eigenvalue weighted by molar-refractivity contribution is 5.92. The molecule has 0 aromatic carbocycles. The van der Waals surface area contributed by atoms with Crippen LogP contribution in [0.1, 0.15) is 51.4 Å². The Balaban J connectivity index is 1.53. The second-order valence-electron chi connectivity index (χ2n) is 8.35. The molecule has 2 N–H and O–H groups in total. The Hall–Kier alpha value is -2.83. The number of rotatable bonds is 7. The molecule has 0 aliphatic carbocycles. The predicted octanol–water partition coefficient (Wildman–Crippen LogP) is 0.0187. The van der Waals surface area contributed by atoms with Gasteiger partial charge in [0.05, 0.1) is 6.54 Å². The van der Waals surface area contributed by atoms with Crippen molar-refractivity contribution in [3.8, 4) is 6.19 Å². The zero-order chi connectivity index (χ0) is 22.1. The van der Waals surface area contributed by atoms with Gasteiger partial charge in [-0.1, -0.05) is 0 Å². The summed E-state index contributed by atoms with van der Waals surface area (Å²) in [6.45, 7) is 4.11. The number of nitriles is 1. The molecule has 0 spiro atoms. The van der Waals surface area contributed by atoms with E-state index in [1.165, 1.54) is 0 Å². The number of carbonyl (C=O) groups excluding carboxylic acids is 3. The Morgan fingerprint density at radius 3 is 2.52 bits per heavy atom. The van der Waals surface area contributed by atoms with Crippen molar-refractivity contribution in [2.24, 2.45) is 4.99 Å². The van der Waals surface area contributed by atoms with Crippen LogP contribution in [0.4, 0.5) is 0 Å². The third-order valence-electron chi connectivity index (χ3n) is 6.08. The maximum absolute atomic E-state index is 13.1. The number of nitrogens with one attached hydrogen (secondary N) is 2. The van der Waals surface area contributed by atoms with E-state index < -0.39 is 6.04 Å². The SMILES string of the molecule is N#CNC(=NCCCN1CCCC1=O)NC1CCCCN(CC(=O)N2CCCC2)C1=O. The number of amides is 3. The number of guanidine groups is 1. The lowest BCUT2D eigenvalue weighted by molar-refractivity contribution is -0.140. The standard InChI is InChI=1S/C21H33N7O3/c22-16-24-21(23-9-6-14-26-13-5-8-18(26)29)25-17-7-1-2-12-28(20(17)31)15-19(30)27-10-3-4-11-27/h17H,1-15H2,(H2,23,24,25). The molecule has 3 aliphatic heterocycles. The number of likely N-dealkylation sites (tertiary alicyclic amines) is 3. The van der Waals surface area contributed by atoms with E-state index in [1.54, 1.807) is 4.90 Å². The van der Waals surface area contributed by atoms with E-state index in [2.05, 4.69) is 15.6 Å². The summed E-state index contributed by atoms with van der Waals surface area (Å²) >= 11 is 0. The molecule has 10 heteroatoms. The van der Waals surface area contributed by atoms with Crippen LogP contribution in [0.25, 0.3) is 0 Å². The van der Waals surface area contributed by atoms with Crippen LogP contribution in [0, 0.1) is 11.5 Å². The first-order valence-electron chi connectivity index (χ1n) is 11.4. The van der Waals surface area contributed by atoms with Crippen LogP contribution in [0.2, 0.25) is 0 Å². The van der Waals surface area contributed by atoms with Gasteiger partial charge in [-0.25, -0.2) is 0 Å². The van der Waals surface area contributed by atoms with Crippen LogP contribution >= 0.6 is 0 Å². The summed E-state index contributed by atoms with van der Waals surface area (Å²) in [4.78, 5) is 46.9. The maximum atomic E-state index is 13.1. The van der Waals surface area contributed by atoms with E-state index in [0.29, 0.717) is 38.9 Å². The van der Waals surface area contributed by atoms with Crippen molar-refractivity contribution in [3.05, 3.63) is 0 Å². The Labute approximate surface area is 183 Å². The van der Waals surface area contributed by atoms with Crippen LogP contribution in [-0.4, -0.2) is 90.2 Å². The average Bonchev–Trinajstić information content (AvgIpc) is 3.40. The van der Waals surface area contributed by atoms with Crippen molar-refractivity contribution in [2.75, 3.05) is 45.8 Å². The third kappa shape index (κ3) is 6.57. The highest BCUT2D eigenvalue weighted by Gasteiger charge is 2.30. The average molecular weight is 432 g/mol. The van der Waals surface area contributed by atoms with Gasteiger partial charge in [-0.15, -0.1) is 0 Å². The quantitative estimate of drug-likeness (QED) is 0.193. The molecule has 3 aliphatic rings. The van der Waals surface area contributed by atoms with Crippen LogP contribution in [-0.2, 0) is 14.4 Å². The Bertz CT molecular complexity index is 727. The summed E-state index contributed by atoms with van der Waals surface area (Å²) in [6, 6.07) is -0.520. The fourth-order valence-electron chi connectivity index (χ4n) is 4.36. The fraction of sp³-hybridized carbons (Fsp3) is 0.762. The minimum absolute atomic E-state index is 0.00648. The number of nitrogens with zero attached hydrogens (tertiary/aromatic N) is 5. The fourth-order valence-corrected chi connectivity index (χ4v) is 4.36. The molecule has 3 saturated heterocycles. The van der Waals surface area contributed by atoms with Gasteiger partial charge in [-0.3, -0.25) is 24.7 Å². The van der Waals surface area contributed by atoms with Crippen molar-refractivity contribution in [1.29, 1.82) is 5.26 Å². The van der Waals surface area contributed by atoms with E-state index in [0.717, 1.165) is 51.7 Å². The van der Waals surface area contributed by atoms with Gasteiger partial charge in [0, 0.05) is 45.7 Å². The molecule has 0 aromatic rings. The molecule has 170 valence electrons. The summed E-state index contributed by atoms with van der Waals surface area (Å²) in [5.41, 5.74) is 0. The van der Waals surface area contributed by atoms with Gasteiger partial charge in [0.15, 0.2) is 6.19 Å². The van der Waals surface area contributed by atoms with E-state index in [1.807, 2.05) is 16.0 Å². The number of hydrogen-bond acceptors (Lipinski definition) is 5. The molecule has 0 bridgehead atoms.